The fraction of sp³-hybridized carbons (Fsp3) is 1.00. The maximum Gasteiger partial charge on any atom is 0.162 e. The first kappa shape index (κ1) is 14.3. The van der Waals surface area contributed by atoms with Crippen LogP contribution in [0, 0.1) is 0 Å². The van der Waals surface area contributed by atoms with E-state index in [-0.39, 0.29) is 0 Å². The molecule has 1 N–H and O–H groups in total. The van der Waals surface area contributed by atoms with E-state index in [1.165, 1.54) is 32.4 Å². The highest BCUT2D eigenvalue weighted by atomic mass is 16.7. The van der Waals surface area contributed by atoms with Crippen LogP contribution in [0.1, 0.15) is 40.0 Å². The third-order valence-corrected chi connectivity index (χ3v) is 3.98. The second-order valence-corrected chi connectivity index (χ2v) is 6.07. The van der Waals surface area contributed by atoms with E-state index < -0.39 is 5.79 Å². The largest absolute Gasteiger partial charge is 0.349 e. The van der Waals surface area contributed by atoms with Crippen LogP contribution in [0.25, 0.3) is 0 Å². The summed E-state index contributed by atoms with van der Waals surface area (Å²) in [6.45, 7) is 11.3. The molecule has 0 radical (unpaired) electrons. The van der Waals surface area contributed by atoms with Crippen LogP contribution < -0.4 is 5.32 Å². The predicted molar refractivity (Wildman–Crippen MR) is 72.7 cm³/mol. The molecule has 2 saturated heterocycles. The second-order valence-electron chi connectivity index (χ2n) is 6.07. The highest BCUT2D eigenvalue weighted by molar-refractivity contribution is 4.78. The summed E-state index contributed by atoms with van der Waals surface area (Å²) in [7, 11) is 0. The quantitative estimate of drug-likeness (QED) is 0.828. The number of piperidine rings is 1. The van der Waals surface area contributed by atoms with E-state index in [0.717, 1.165) is 19.8 Å². The van der Waals surface area contributed by atoms with Crippen molar-refractivity contribution in [1.82, 2.24) is 10.2 Å². The molecule has 0 aromatic heterocycles. The Morgan fingerprint density at radius 2 is 1.78 bits per heavy atom. The Morgan fingerprint density at radius 1 is 1.17 bits per heavy atom. The summed E-state index contributed by atoms with van der Waals surface area (Å²) in [5.41, 5.74) is 0. The van der Waals surface area contributed by atoms with Crippen molar-refractivity contribution in [3.8, 4) is 0 Å². The maximum absolute atomic E-state index is 5.66. The lowest BCUT2D eigenvalue weighted by Crippen LogP contribution is -2.52. The Morgan fingerprint density at radius 3 is 2.39 bits per heavy atom. The van der Waals surface area contributed by atoms with Crippen molar-refractivity contribution >= 4 is 0 Å². The molecular weight excluding hydrogens is 228 g/mol. The molecule has 1 atom stereocenters. The summed E-state index contributed by atoms with van der Waals surface area (Å²) in [6.07, 6.45) is 4.11. The Labute approximate surface area is 111 Å². The summed E-state index contributed by atoms with van der Waals surface area (Å²) in [6, 6.07) is 0.950. The van der Waals surface area contributed by atoms with E-state index >= 15 is 0 Å². The van der Waals surface area contributed by atoms with Crippen LogP contribution in [-0.4, -0.2) is 55.6 Å². The van der Waals surface area contributed by atoms with Gasteiger partial charge >= 0.3 is 0 Å². The lowest BCUT2D eigenvalue weighted by Gasteiger charge is -2.37. The van der Waals surface area contributed by atoms with E-state index in [2.05, 4.69) is 17.1 Å². The van der Waals surface area contributed by atoms with Gasteiger partial charge in [-0.3, -0.25) is 4.90 Å². The number of nitrogens with one attached hydrogen (secondary N) is 1. The summed E-state index contributed by atoms with van der Waals surface area (Å²) < 4.78 is 11.3. The molecule has 0 saturated carbocycles. The zero-order valence-corrected chi connectivity index (χ0v) is 12.1. The average molecular weight is 256 g/mol. The van der Waals surface area contributed by atoms with Crippen molar-refractivity contribution < 1.29 is 9.47 Å². The first-order valence-corrected chi connectivity index (χ1v) is 7.32. The van der Waals surface area contributed by atoms with Gasteiger partial charge in [-0.25, -0.2) is 0 Å². The lowest BCUT2D eigenvalue weighted by molar-refractivity contribution is -0.253. The monoisotopic (exact) mass is 256 g/mol. The number of rotatable bonds is 4. The Kier molecular flexibility index (Phi) is 5.01. The van der Waals surface area contributed by atoms with Crippen LogP contribution in [0.3, 0.4) is 0 Å². The van der Waals surface area contributed by atoms with E-state index in [9.17, 15) is 0 Å². The molecule has 4 nitrogen and oxygen atoms in total. The average Bonchev–Trinajstić information content (AvgIpc) is 2.38. The molecule has 0 spiro atoms. The summed E-state index contributed by atoms with van der Waals surface area (Å²) in [5.74, 6) is -0.406. The van der Waals surface area contributed by atoms with Gasteiger partial charge in [0.2, 0.25) is 0 Å². The standard InChI is InChI=1S/C14H28N2O2/c1-12(16-7-5-4-6-8-16)9-15-13-10-17-14(2,3)18-11-13/h12-13,15H,4-11H2,1-3H3. The molecule has 0 aromatic carbocycles. The van der Waals surface area contributed by atoms with Gasteiger partial charge in [0.05, 0.1) is 19.3 Å². The minimum atomic E-state index is -0.406. The molecule has 4 heteroatoms. The Hall–Kier alpha value is -0.160. The van der Waals surface area contributed by atoms with Gasteiger partial charge < -0.3 is 14.8 Å². The molecule has 0 bridgehead atoms. The fourth-order valence-electron chi connectivity index (χ4n) is 2.64. The van der Waals surface area contributed by atoms with Crippen LogP contribution >= 0.6 is 0 Å². The van der Waals surface area contributed by atoms with Crippen LogP contribution in [0.2, 0.25) is 0 Å². The molecule has 1 unspecified atom stereocenters. The molecule has 2 aliphatic rings. The molecular formula is C14H28N2O2. The van der Waals surface area contributed by atoms with Gasteiger partial charge in [-0.15, -0.1) is 0 Å². The number of hydrogen-bond donors (Lipinski definition) is 1. The molecule has 2 fully saturated rings. The summed E-state index contributed by atoms with van der Waals surface area (Å²) >= 11 is 0. The van der Waals surface area contributed by atoms with Crippen molar-refractivity contribution in [2.45, 2.75) is 57.9 Å². The number of hydrogen-bond acceptors (Lipinski definition) is 4. The highest BCUT2D eigenvalue weighted by Crippen LogP contribution is 2.17. The van der Waals surface area contributed by atoms with Gasteiger partial charge in [-0.1, -0.05) is 6.42 Å². The van der Waals surface area contributed by atoms with Crippen molar-refractivity contribution in [3.63, 3.8) is 0 Å². The Bertz CT molecular complexity index is 242. The third-order valence-electron chi connectivity index (χ3n) is 3.98. The van der Waals surface area contributed by atoms with Gasteiger partial charge in [0.15, 0.2) is 5.79 Å². The van der Waals surface area contributed by atoms with Crippen molar-refractivity contribution in [3.05, 3.63) is 0 Å². The molecule has 2 heterocycles. The van der Waals surface area contributed by atoms with Crippen molar-refractivity contribution in [2.24, 2.45) is 0 Å². The number of ether oxygens (including phenoxy) is 2. The minimum Gasteiger partial charge on any atom is -0.349 e. The second kappa shape index (κ2) is 6.33. The zero-order chi connectivity index (χ0) is 13.0. The van der Waals surface area contributed by atoms with Crippen LogP contribution in [0.4, 0.5) is 0 Å². The van der Waals surface area contributed by atoms with E-state index in [0.29, 0.717) is 12.1 Å². The van der Waals surface area contributed by atoms with Crippen LogP contribution in [0.15, 0.2) is 0 Å². The lowest BCUT2D eigenvalue weighted by atomic mass is 10.1. The van der Waals surface area contributed by atoms with E-state index in [1.807, 2.05) is 13.8 Å². The number of nitrogens with zero attached hydrogens (tertiary/aromatic N) is 1. The van der Waals surface area contributed by atoms with E-state index in [4.69, 9.17) is 9.47 Å². The van der Waals surface area contributed by atoms with Crippen LogP contribution in [0.5, 0.6) is 0 Å². The van der Waals surface area contributed by atoms with E-state index in [1.54, 1.807) is 0 Å². The molecule has 106 valence electrons. The highest BCUT2D eigenvalue weighted by Gasteiger charge is 2.28. The van der Waals surface area contributed by atoms with Crippen molar-refractivity contribution in [1.29, 1.82) is 0 Å². The molecule has 2 rings (SSSR count). The smallest absolute Gasteiger partial charge is 0.162 e. The van der Waals surface area contributed by atoms with Gasteiger partial charge in [-0.05, 0) is 46.7 Å². The first-order chi connectivity index (χ1) is 8.57. The third kappa shape index (κ3) is 4.19. The molecule has 0 aliphatic carbocycles. The summed E-state index contributed by atoms with van der Waals surface area (Å²) in [5, 5.41) is 3.56. The van der Waals surface area contributed by atoms with Gasteiger partial charge in [0, 0.05) is 12.6 Å². The molecule has 2 aliphatic heterocycles. The first-order valence-electron chi connectivity index (χ1n) is 7.32. The topological polar surface area (TPSA) is 33.7 Å². The predicted octanol–water partition coefficient (Wildman–Crippen LogP) is 1.60. The zero-order valence-electron chi connectivity index (χ0n) is 12.1. The Balaban J connectivity index is 1.65. The fourth-order valence-corrected chi connectivity index (χ4v) is 2.64. The number of likely N-dealkylation sites (tertiary alicyclic amines) is 1. The minimum absolute atomic E-state index is 0.338. The van der Waals surface area contributed by atoms with Gasteiger partial charge in [-0.2, -0.15) is 0 Å². The molecule has 0 aromatic rings. The van der Waals surface area contributed by atoms with Crippen LogP contribution in [-0.2, 0) is 9.47 Å². The molecule has 0 amide bonds. The summed E-state index contributed by atoms with van der Waals surface area (Å²) in [4.78, 5) is 2.59. The van der Waals surface area contributed by atoms with Gasteiger partial charge in [0.25, 0.3) is 0 Å². The van der Waals surface area contributed by atoms with Gasteiger partial charge in [0.1, 0.15) is 0 Å². The normalized spacial score (nSPS) is 28.2. The maximum atomic E-state index is 5.66. The SMILES string of the molecule is CC(CNC1COC(C)(C)OC1)N1CCCCC1. The van der Waals surface area contributed by atoms with Crippen molar-refractivity contribution in [2.75, 3.05) is 32.8 Å². The molecule has 18 heavy (non-hydrogen) atoms.